The fraction of sp³-hybridized carbons (Fsp3) is 0.300. The number of para-hydroxylation sites is 1. The van der Waals surface area contributed by atoms with Crippen molar-refractivity contribution in [1.29, 1.82) is 0 Å². The maximum Gasteiger partial charge on any atom is 0.0457 e. The third kappa shape index (κ3) is 3.31. The van der Waals surface area contributed by atoms with Crippen LogP contribution >= 0.6 is 0 Å². The SMILES string of the molecule is c1ccc(CN2CC[C@@H](NCc3c[nH]c4ccccc34)C2)cc1. The molecule has 0 aliphatic carbocycles. The molecule has 0 radical (unpaired) electrons. The van der Waals surface area contributed by atoms with Crippen molar-refractivity contribution in [3.05, 3.63) is 71.9 Å². The van der Waals surface area contributed by atoms with Crippen molar-refractivity contribution in [3.8, 4) is 0 Å². The van der Waals surface area contributed by atoms with Gasteiger partial charge in [-0.15, -0.1) is 0 Å². The molecule has 3 nitrogen and oxygen atoms in total. The number of rotatable bonds is 5. The van der Waals surface area contributed by atoms with Gasteiger partial charge in [0.25, 0.3) is 0 Å². The summed E-state index contributed by atoms with van der Waals surface area (Å²) in [5.74, 6) is 0. The molecule has 118 valence electrons. The van der Waals surface area contributed by atoms with E-state index >= 15 is 0 Å². The highest BCUT2D eigenvalue weighted by molar-refractivity contribution is 5.82. The van der Waals surface area contributed by atoms with Gasteiger partial charge >= 0.3 is 0 Å². The third-order valence-corrected chi connectivity index (χ3v) is 4.78. The van der Waals surface area contributed by atoms with E-state index in [4.69, 9.17) is 0 Å². The number of nitrogens with zero attached hydrogens (tertiary/aromatic N) is 1. The number of hydrogen-bond acceptors (Lipinski definition) is 2. The molecule has 1 aromatic heterocycles. The van der Waals surface area contributed by atoms with Gasteiger partial charge < -0.3 is 10.3 Å². The smallest absolute Gasteiger partial charge is 0.0457 e. The van der Waals surface area contributed by atoms with Crippen LogP contribution in [0.25, 0.3) is 10.9 Å². The number of hydrogen-bond donors (Lipinski definition) is 2. The number of aromatic amines is 1. The fourth-order valence-corrected chi connectivity index (χ4v) is 3.52. The van der Waals surface area contributed by atoms with Gasteiger partial charge in [-0.3, -0.25) is 4.90 Å². The lowest BCUT2D eigenvalue weighted by atomic mass is 10.1. The number of fused-ring (bicyclic) bond motifs is 1. The minimum atomic E-state index is 0.590. The highest BCUT2D eigenvalue weighted by Crippen LogP contribution is 2.19. The maximum absolute atomic E-state index is 3.73. The summed E-state index contributed by atoms with van der Waals surface area (Å²) in [6.07, 6.45) is 3.36. The van der Waals surface area contributed by atoms with E-state index in [1.165, 1.54) is 35.0 Å². The summed E-state index contributed by atoms with van der Waals surface area (Å²) in [5.41, 5.74) is 3.99. The van der Waals surface area contributed by atoms with Gasteiger partial charge in [0.1, 0.15) is 0 Å². The lowest BCUT2D eigenvalue weighted by molar-refractivity contribution is 0.320. The largest absolute Gasteiger partial charge is 0.361 e. The average molecular weight is 305 g/mol. The Morgan fingerprint density at radius 1 is 1.04 bits per heavy atom. The van der Waals surface area contributed by atoms with Crippen molar-refractivity contribution in [3.63, 3.8) is 0 Å². The van der Waals surface area contributed by atoms with E-state index in [1.807, 2.05) is 0 Å². The van der Waals surface area contributed by atoms with Gasteiger partial charge in [0.05, 0.1) is 0 Å². The molecule has 0 saturated carbocycles. The Bertz CT molecular complexity index is 763. The van der Waals surface area contributed by atoms with Gasteiger partial charge in [-0.2, -0.15) is 0 Å². The van der Waals surface area contributed by atoms with Crippen LogP contribution in [0.3, 0.4) is 0 Å². The Hall–Kier alpha value is -2.10. The van der Waals surface area contributed by atoms with E-state index in [2.05, 4.69) is 76.0 Å². The topological polar surface area (TPSA) is 31.1 Å². The number of nitrogens with one attached hydrogen (secondary N) is 2. The first kappa shape index (κ1) is 14.5. The summed E-state index contributed by atoms with van der Waals surface area (Å²) >= 11 is 0. The standard InChI is InChI=1S/C20H23N3/c1-2-6-16(7-3-1)14-23-11-10-18(15-23)21-12-17-13-22-20-9-5-4-8-19(17)20/h1-9,13,18,21-22H,10-12,14-15H2/t18-/m1/s1. The molecule has 1 fully saturated rings. The van der Waals surface area contributed by atoms with Gasteiger partial charge in [0.15, 0.2) is 0 Å². The molecule has 23 heavy (non-hydrogen) atoms. The number of likely N-dealkylation sites (tertiary alicyclic amines) is 1. The van der Waals surface area contributed by atoms with Gasteiger partial charge in [-0.05, 0) is 23.6 Å². The van der Waals surface area contributed by atoms with Gasteiger partial charge in [-0.1, -0.05) is 48.5 Å². The average Bonchev–Trinajstić information content (AvgIpc) is 3.21. The second-order valence-electron chi connectivity index (χ2n) is 6.45. The summed E-state index contributed by atoms with van der Waals surface area (Å²) in [7, 11) is 0. The normalized spacial score (nSPS) is 18.7. The number of aromatic nitrogens is 1. The van der Waals surface area contributed by atoms with Crippen LogP contribution in [0.15, 0.2) is 60.8 Å². The van der Waals surface area contributed by atoms with E-state index < -0.39 is 0 Å². The molecule has 1 atom stereocenters. The molecule has 3 aromatic rings. The van der Waals surface area contributed by atoms with Crippen LogP contribution in [0.1, 0.15) is 17.5 Å². The maximum atomic E-state index is 3.73. The molecule has 4 rings (SSSR count). The van der Waals surface area contributed by atoms with Crippen molar-refractivity contribution in [2.75, 3.05) is 13.1 Å². The molecule has 2 heterocycles. The van der Waals surface area contributed by atoms with Gasteiger partial charge in [-0.25, -0.2) is 0 Å². The molecule has 0 spiro atoms. The molecule has 1 aliphatic heterocycles. The van der Waals surface area contributed by atoms with Crippen LogP contribution in [-0.2, 0) is 13.1 Å². The van der Waals surface area contributed by atoms with E-state index in [1.54, 1.807) is 0 Å². The van der Waals surface area contributed by atoms with Crippen molar-refractivity contribution in [1.82, 2.24) is 15.2 Å². The Morgan fingerprint density at radius 2 is 1.87 bits per heavy atom. The zero-order valence-electron chi connectivity index (χ0n) is 13.3. The van der Waals surface area contributed by atoms with Crippen LogP contribution in [0.4, 0.5) is 0 Å². The third-order valence-electron chi connectivity index (χ3n) is 4.78. The second kappa shape index (κ2) is 6.57. The van der Waals surface area contributed by atoms with Crippen LogP contribution in [0.2, 0.25) is 0 Å². The van der Waals surface area contributed by atoms with E-state index in [-0.39, 0.29) is 0 Å². The molecular formula is C20H23N3. The first-order valence-corrected chi connectivity index (χ1v) is 8.43. The summed E-state index contributed by atoms with van der Waals surface area (Å²) in [5, 5.41) is 5.06. The summed E-state index contributed by atoms with van der Waals surface area (Å²) < 4.78 is 0. The highest BCUT2D eigenvalue weighted by atomic mass is 15.2. The van der Waals surface area contributed by atoms with Crippen LogP contribution < -0.4 is 5.32 Å². The van der Waals surface area contributed by atoms with Crippen LogP contribution in [0.5, 0.6) is 0 Å². The lowest BCUT2D eigenvalue weighted by Gasteiger charge is -2.16. The van der Waals surface area contributed by atoms with Crippen molar-refractivity contribution in [2.45, 2.75) is 25.6 Å². The first-order chi connectivity index (χ1) is 11.4. The molecule has 2 aromatic carbocycles. The highest BCUT2D eigenvalue weighted by Gasteiger charge is 2.22. The summed E-state index contributed by atoms with van der Waals surface area (Å²) in [4.78, 5) is 5.90. The Labute approximate surface area is 137 Å². The number of benzene rings is 2. The zero-order chi connectivity index (χ0) is 15.5. The van der Waals surface area contributed by atoms with E-state index in [0.717, 1.165) is 19.6 Å². The predicted molar refractivity (Wildman–Crippen MR) is 95.3 cm³/mol. The fourth-order valence-electron chi connectivity index (χ4n) is 3.52. The minimum Gasteiger partial charge on any atom is -0.361 e. The quantitative estimate of drug-likeness (QED) is 0.755. The summed E-state index contributed by atoms with van der Waals surface area (Å²) in [6, 6.07) is 19.9. The molecule has 0 unspecified atom stereocenters. The molecule has 0 bridgehead atoms. The second-order valence-corrected chi connectivity index (χ2v) is 6.45. The van der Waals surface area contributed by atoms with Crippen LogP contribution in [-0.4, -0.2) is 29.0 Å². The van der Waals surface area contributed by atoms with Crippen LogP contribution in [0, 0.1) is 0 Å². The Morgan fingerprint density at radius 3 is 2.78 bits per heavy atom. The van der Waals surface area contributed by atoms with Gasteiger partial charge in [0, 0.05) is 49.3 Å². The molecular weight excluding hydrogens is 282 g/mol. The predicted octanol–water partition coefficient (Wildman–Crippen LogP) is 3.53. The Balaban J connectivity index is 1.32. The minimum absolute atomic E-state index is 0.590. The number of H-pyrrole nitrogens is 1. The molecule has 1 aliphatic rings. The van der Waals surface area contributed by atoms with Crippen molar-refractivity contribution >= 4 is 10.9 Å². The van der Waals surface area contributed by atoms with Crippen molar-refractivity contribution < 1.29 is 0 Å². The monoisotopic (exact) mass is 305 g/mol. The zero-order valence-corrected chi connectivity index (χ0v) is 13.3. The van der Waals surface area contributed by atoms with E-state index in [0.29, 0.717) is 6.04 Å². The lowest BCUT2D eigenvalue weighted by Crippen LogP contribution is -2.31. The van der Waals surface area contributed by atoms with Gasteiger partial charge in [0.2, 0.25) is 0 Å². The molecule has 1 saturated heterocycles. The Kier molecular flexibility index (Phi) is 4.14. The molecule has 2 N–H and O–H groups in total. The van der Waals surface area contributed by atoms with E-state index in [9.17, 15) is 0 Å². The summed E-state index contributed by atoms with van der Waals surface area (Å²) in [6.45, 7) is 4.32. The first-order valence-electron chi connectivity index (χ1n) is 8.43. The molecule has 3 heteroatoms. The van der Waals surface area contributed by atoms with Crippen molar-refractivity contribution in [2.24, 2.45) is 0 Å². The molecule has 0 amide bonds.